The maximum Gasteiger partial charge on any atom is 0.226 e. The van der Waals surface area contributed by atoms with Crippen LogP contribution in [0, 0.1) is 6.92 Å². The minimum Gasteiger partial charge on any atom is -0.475 e. The lowest BCUT2D eigenvalue weighted by Crippen LogP contribution is -2.10. The summed E-state index contributed by atoms with van der Waals surface area (Å²) >= 11 is 1.71. The number of nitrogens with one attached hydrogen (secondary N) is 1. The summed E-state index contributed by atoms with van der Waals surface area (Å²) < 4.78 is 5.58. The van der Waals surface area contributed by atoms with Crippen molar-refractivity contribution < 1.29 is 4.74 Å². The Balaban J connectivity index is 2.05. The summed E-state index contributed by atoms with van der Waals surface area (Å²) in [4.78, 5) is 9.93. The van der Waals surface area contributed by atoms with Gasteiger partial charge in [-0.2, -0.15) is 4.98 Å². The normalized spacial score (nSPS) is 10.7. The number of anilines is 1. The van der Waals surface area contributed by atoms with Crippen LogP contribution in [0.1, 0.15) is 24.4 Å². The van der Waals surface area contributed by atoms with Gasteiger partial charge in [0, 0.05) is 16.6 Å². The highest BCUT2D eigenvalue weighted by Crippen LogP contribution is 2.15. The number of aryl methyl sites for hydroxylation is 1. The van der Waals surface area contributed by atoms with Gasteiger partial charge in [-0.05, 0) is 32.2 Å². The van der Waals surface area contributed by atoms with E-state index in [1.807, 2.05) is 32.9 Å². The molecule has 0 atom stereocenters. The smallest absolute Gasteiger partial charge is 0.226 e. The number of thiophene rings is 1. The number of aromatic nitrogens is 2. The van der Waals surface area contributed by atoms with Gasteiger partial charge in [-0.15, -0.1) is 11.3 Å². The van der Waals surface area contributed by atoms with Crippen molar-refractivity contribution in [1.29, 1.82) is 0 Å². The molecular weight excluding hydrogens is 246 g/mol. The van der Waals surface area contributed by atoms with Crippen LogP contribution in [-0.2, 0) is 6.54 Å². The minimum absolute atomic E-state index is 0.115. The molecule has 0 aromatic carbocycles. The molecule has 5 heteroatoms. The summed E-state index contributed by atoms with van der Waals surface area (Å²) in [5.74, 6) is 1.23. The zero-order valence-corrected chi connectivity index (χ0v) is 11.6. The fraction of sp³-hybridized carbons (Fsp3) is 0.385. The molecule has 2 aromatic heterocycles. The molecule has 0 bridgehead atoms. The molecular formula is C13H17N3OS. The van der Waals surface area contributed by atoms with Gasteiger partial charge in [-0.25, -0.2) is 4.98 Å². The zero-order valence-electron chi connectivity index (χ0n) is 10.8. The van der Waals surface area contributed by atoms with Crippen molar-refractivity contribution in [2.24, 2.45) is 0 Å². The van der Waals surface area contributed by atoms with Gasteiger partial charge in [0.05, 0.1) is 12.6 Å². The fourth-order valence-corrected chi connectivity index (χ4v) is 2.14. The Hall–Kier alpha value is -1.62. The molecule has 0 aliphatic heterocycles. The highest BCUT2D eigenvalue weighted by atomic mass is 32.1. The molecule has 0 saturated heterocycles. The second-order valence-electron chi connectivity index (χ2n) is 4.27. The predicted octanol–water partition coefficient (Wildman–Crippen LogP) is 3.25. The third kappa shape index (κ3) is 3.70. The maximum atomic E-state index is 5.58. The first-order valence-electron chi connectivity index (χ1n) is 5.92. The van der Waals surface area contributed by atoms with Crippen molar-refractivity contribution in [1.82, 2.24) is 9.97 Å². The molecule has 0 saturated carbocycles. The largest absolute Gasteiger partial charge is 0.475 e. The SMILES string of the molecule is Cc1cc(OC(C)C)nc(NCc2cccs2)n1. The molecule has 4 nitrogen and oxygen atoms in total. The summed E-state index contributed by atoms with van der Waals surface area (Å²) in [7, 11) is 0. The third-order valence-electron chi connectivity index (χ3n) is 2.19. The molecule has 18 heavy (non-hydrogen) atoms. The molecule has 2 heterocycles. The standard InChI is InChI=1S/C13H17N3OS/c1-9(2)17-12-7-10(3)15-13(16-12)14-8-11-5-4-6-18-11/h4-7,9H,8H2,1-3H3,(H,14,15,16). The van der Waals surface area contributed by atoms with E-state index < -0.39 is 0 Å². The Morgan fingerprint density at radius 3 is 2.89 bits per heavy atom. The van der Waals surface area contributed by atoms with E-state index in [2.05, 4.69) is 26.7 Å². The Kier molecular flexibility index (Phi) is 4.15. The van der Waals surface area contributed by atoms with Crippen molar-refractivity contribution in [3.8, 4) is 5.88 Å². The number of ether oxygens (including phenoxy) is 1. The van der Waals surface area contributed by atoms with Crippen LogP contribution in [0.25, 0.3) is 0 Å². The molecule has 0 aliphatic carbocycles. The molecule has 0 amide bonds. The number of hydrogen-bond acceptors (Lipinski definition) is 5. The van der Waals surface area contributed by atoms with E-state index in [1.165, 1.54) is 4.88 Å². The second-order valence-corrected chi connectivity index (χ2v) is 5.30. The highest BCUT2D eigenvalue weighted by molar-refractivity contribution is 7.09. The van der Waals surface area contributed by atoms with Crippen molar-refractivity contribution in [2.45, 2.75) is 33.4 Å². The highest BCUT2D eigenvalue weighted by Gasteiger charge is 2.05. The Morgan fingerprint density at radius 2 is 2.22 bits per heavy atom. The van der Waals surface area contributed by atoms with E-state index in [0.717, 1.165) is 12.2 Å². The maximum absolute atomic E-state index is 5.58. The number of hydrogen-bond donors (Lipinski definition) is 1. The monoisotopic (exact) mass is 263 g/mol. The lowest BCUT2D eigenvalue weighted by Gasteiger charge is -2.11. The summed E-state index contributed by atoms with van der Waals surface area (Å²) in [6.45, 7) is 6.64. The van der Waals surface area contributed by atoms with Crippen molar-refractivity contribution in [3.05, 3.63) is 34.2 Å². The Bertz CT molecular complexity index is 497. The van der Waals surface area contributed by atoms with Gasteiger partial charge >= 0.3 is 0 Å². The first-order chi connectivity index (χ1) is 8.63. The average molecular weight is 263 g/mol. The van der Waals surface area contributed by atoms with Crippen LogP contribution < -0.4 is 10.1 Å². The van der Waals surface area contributed by atoms with Gasteiger partial charge in [0.1, 0.15) is 0 Å². The van der Waals surface area contributed by atoms with E-state index in [-0.39, 0.29) is 6.10 Å². The lowest BCUT2D eigenvalue weighted by molar-refractivity contribution is 0.232. The molecule has 0 unspecified atom stereocenters. The number of rotatable bonds is 5. The van der Waals surface area contributed by atoms with E-state index in [9.17, 15) is 0 Å². The Morgan fingerprint density at radius 1 is 1.39 bits per heavy atom. The second kappa shape index (κ2) is 5.82. The van der Waals surface area contributed by atoms with Crippen LogP contribution in [0.2, 0.25) is 0 Å². The number of nitrogens with zero attached hydrogens (tertiary/aromatic N) is 2. The third-order valence-corrected chi connectivity index (χ3v) is 3.06. The van der Waals surface area contributed by atoms with Crippen LogP contribution in [-0.4, -0.2) is 16.1 Å². The van der Waals surface area contributed by atoms with E-state index in [0.29, 0.717) is 11.8 Å². The molecule has 1 N–H and O–H groups in total. The fourth-order valence-electron chi connectivity index (χ4n) is 1.50. The lowest BCUT2D eigenvalue weighted by atomic mass is 10.4. The van der Waals surface area contributed by atoms with Crippen LogP contribution in [0.5, 0.6) is 5.88 Å². The van der Waals surface area contributed by atoms with Crippen molar-refractivity contribution >= 4 is 17.3 Å². The predicted molar refractivity (Wildman–Crippen MR) is 74.2 cm³/mol. The van der Waals surface area contributed by atoms with E-state index in [1.54, 1.807) is 11.3 Å². The zero-order chi connectivity index (χ0) is 13.0. The molecule has 0 radical (unpaired) electrons. The van der Waals surface area contributed by atoms with Crippen molar-refractivity contribution in [3.63, 3.8) is 0 Å². The van der Waals surface area contributed by atoms with Gasteiger partial charge in [0.25, 0.3) is 0 Å². The minimum atomic E-state index is 0.115. The topological polar surface area (TPSA) is 47.0 Å². The van der Waals surface area contributed by atoms with Gasteiger partial charge in [-0.1, -0.05) is 6.07 Å². The van der Waals surface area contributed by atoms with Crippen LogP contribution in [0.4, 0.5) is 5.95 Å². The molecule has 2 rings (SSSR count). The molecule has 0 spiro atoms. The van der Waals surface area contributed by atoms with E-state index >= 15 is 0 Å². The van der Waals surface area contributed by atoms with Crippen LogP contribution >= 0.6 is 11.3 Å². The summed E-state index contributed by atoms with van der Waals surface area (Å²) in [5.41, 5.74) is 0.898. The average Bonchev–Trinajstić information content (AvgIpc) is 2.77. The first-order valence-corrected chi connectivity index (χ1v) is 6.80. The van der Waals surface area contributed by atoms with Gasteiger partial charge in [-0.3, -0.25) is 0 Å². The molecule has 96 valence electrons. The molecule has 0 aliphatic rings. The van der Waals surface area contributed by atoms with Gasteiger partial charge in [0.15, 0.2) is 0 Å². The quantitative estimate of drug-likeness (QED) is 0.899. The molecule has 0 fully saturated rings. The Labute approximate surface area is 111 Å². The summed E-state index contributed by atoms with van der Waals surface area (Å²) in [6.07, 6.45) is 0.115. The first kappa shape index (κ1) is 12.8. The van der Waals surface area contributed by atoms with E-state index in [4.69, 9.17) is 4.74 Å². The summed E-state index contributed by atoms with van der Waals surface area (Å²) in [6, 6.07) is 5.96. The van der Waals surface area contributed by atoms with Gasteiger partial charge in [0.2, 0.25) is 11.8 Å². The van der Waals surface area contributed by atoms with Crippen molar-refractivity contribution in [2.75, 3.05) is 5.32 Å². The van der Waals surface area contributed by atoms with Gasteiger partial charge < -0.3 is 10.1 Å². The van der Waals surface area contributed by atoms with Crippen LogP contribution in [0.3, 0.4) is 0 Å². The molecule has 2 aromatic rings. The summed E-state index contributed by atoms with van der Waals surface area (Å²) in [5, 5.41) is 5.27. The van der Waals surface area contributed by atoms with Crippen LogP contribution in [0.15, 0.2) is 23.6 Å².